The first-order valence-electron chi connectivity index (χ1n) is 6.96. The maximum atomic E-state index is 13.2. The average Bonchev–Trinajstić information content (AvgIpc) is 2.53. The number of aliphatic hydroxyl groups excluding tert-OH is 1. The molecule has 22 heavy (non-hydrogen) atoms. The zero-order valence-electron chi connectivity index (χ0n) is 12.5. The summed E-state index contributed by atoms with van der Waals surface area (Å²) in [6, 6.07) is 9.85. The molecule has 0 fully saturated rings. The Hall–Kier alpha value is -2.33. The molecule has 0 radical (unpaired) electrons. The molecule has 4 heteroatoms. The van der Waals surface area contributed by atoms with Gasteiger partial charge in [0, 0.05) is 5.56 Å². The summed E-state index contributed by atoms with van der Waals surface area (Å²) in [5.74, 6) is 0.832. The summed E-state index contributed by atoms with van der Waals surface area (Å²) in [7, 11) is 1.54. The van der Waals surface area contributed by atoms with Gasteiger partial charge in [-0.3, -0.25) is 0 Å². The Labute approximate surface area is 129 Å². The second-order valence-corrected chi connectivity index (χ2v) is 4.86. The van der Waals surface area contributed by atoms with Gasteiger partial charge in [0.15, 0.2) is 11.5 Å². The van der Waals surface area contributed by atoms with Gasteiger partial charge in [-0.1, -0.05) is 18.2 Å². The maximum absolute atomic E-state index is 13.2. The van der Waals surface area contributed by atoms with E-state index in [-0.39, 0.29) is 19.0 Å². The first kappa shape index (κ1) is 16.0. The predicted octanol–water partition coefficient (Wildman–Crippen LogP) is 3.63. The molecule has 0 bridgehead atoms. The van der Waals surface area contributed by atoms with E-state index in [4.69, 9.17) is 9.47 Å². The van der Waals surface area contributed by atoms with Crippen molar-refractivity contribution in [2.24, 2.45) is 0 Å². The van der Waals surface area contributed by atoms with Crippen LogP contribution >= 0.6 is 0 Å². The van der Waals surface area contributed by atoms with Crippen molar-refractivity contribution in [3.63, 3.8) is 0 Å². The Balaban J connectivity index is 2.29. The molecule has 0 unspecified atom stereocenters. The molecule has 1 N–H and O–H groups in total. The molecule has 0 saturated heterocycles. The van der Waals surface area contributed by atoms with Crippen LogP contribution in [0.2, 0.25) is 0 Å². The molecule has 2 aromatic carbocycles. The number of rotatable bonds is 7. The zero-order valence-corrected chi connectivity index (χ0v) is 12.5. The van der Waals surface area contributed by atoms with Crippen LogP contribution in [-0.4, -0.2) is 12.2 Å². The van der Waals surface area contributed by atoms with E-state index in [1.165, 1.54) is 12.1 Å². The van der Waals surface area contributed by atoms with Crippen molar-refractivity contribution in [3.8, 4) is 11.5 Å². The topological polar surface area (TPSA) is 38.7 Å². The van der Waals surface area contributed by atoms with Gasteiger partial charge in [0.1, 0.15) is 12.4 Å². The van der Waals surface area contributed by atoms with E-state index in [1.54, 1.807) is 31.4 Å². The van der Waals surface area contributed by atoms with E-state index in [0.29, 0.717) is 17.9 Å². The molecule has 0 saturated carbocycles. The average molecular weight is 302 g/mol. The predicted molar refractivity (Wildman–Crippen MR) is 83.5 cm³/mol. The molecule has 3 nitrogen and oxygen atoms in total. The van der Waals surface area contributed by atoms with Crippen LogP contribution in [-0.2, 0) is 19.6 Å². The van der Waals surface area contributed by atoms with Crippen molar-refractivity contribution in [2.75, 3.05) is 7.11 Å². The lowest BCUT2D eigenvalue weighted by atomic mass is 10.1. The van der Waals surface area contributed by atoms with Crippen LogP contribution in [0.15, 0.2) is 49.1 Å². The smallest absolute Gasteiger partial charge is 0.165 e. The van der Waals surface area contributed by atoms with Gasteiger partial charge in [0.25, 0.3) is 0 Å². The normalized spacial score (nSPS) is 10.3. The van der Waals surface area contributed by atoms with Gasteiger partial charge in [-0.2, -0.15) is 0 Å². The van der Waals surface area contributed by atoms with Crippen molar-refractivity contribution in [2.45, 2.75) is 19.6 Å². The summed E-state index contributed by atoms with van der Waals surface area (Å²) >= 11 is 0. The quantitative estimate of drug-likeness (QED) is 0.794. The monoisotopic (exact) mass is 302 g/mol. The van der Waals surface area contributed by atoms with Crippen LogP contribution in [0.4, 0.5) is 4.39 Å². The highest BCUT2D eigenvalue weighted by Gasteiger charge is 2.13. The molecule has 116 valence electrons. The third-order valence-corrected chi connectivity index (χ3v) is 3.23. The second-order valence-electron chi connectivity index (χ2n) is 4.86. The molecule has 0 aliphatic rings. The van der Waals surface area contributed by atoms with Crippen LogP contribution in [0.25, 0.3) is 0 Å². The lowest BCUT2D eigenvalue weighted by Gasteiger charge is -2.16. The Kier molecular flexibility index (Phi) is 5.55. The second kappa shape index (κ2) is 7.61. The van der Waals surface area contributed by atoms with Gasteiger partial charge in [0.2, 0.25) is 0 Å². The lowest BCUT2D eigenvalue weighted by Crippen LogP contribution is -2.02. The van der Waals surface area contributed by atoms with Crippen LogP contribution in [0, 0.1) is 5.82 Å². The SMILES string of the molecule is C=CCc1cc(CO)cc(OC)c1OCc1cccc(F)c1. The lowest BCUT2D eigenvalue weighted by molar-refractivity contribution is 0.272. The number of allylic oxidation sites excluding steroid dienone is 1. The van der Waals surface area contributed by atoms with Gasteiger partial charge in [-0.05, 0) is 41.8 Å². The van der Waals surface area contributed by atoms with Gasteiger partial charge < -0.3 is 14.6 Å². The molecule has 0 aliphatic carbocycles. The van der Waals surface area contributed by atoms with E-state index in [1.807, 2.05) is 6.07 Å². The minimum atomic E-state index is -0.296. The Morgan fingerprint density at radius 1 is 1.23 bits per heavy atom. The Morgan fingerprint density at radius 2 is 2.05 bits per heavy atom. The molecule has 2 aromatic rings. The molecule has 0 heterocycles. The summed E-state index contributed by atoms with van der Waals surface area (Å²) in [6.07, 6.45) is 2.34. The highest BCUT2D eigenvalue weighted by molar-refractivity contribution is 5.50. The van der Waals surface area contributed by atoms with Crippen molar-refractivity contribution in [1.82, 2.24) is 0 Å². The molecule has 0 aromatic heterocycles. The van der Waals surface area contributed by atoms with Gasteiger partial charge in [-0.15, -0.1) is 6.58 Å². The van der Waals surface area contributed by atoms with Crippen LogP contribution in [0.1, 0.15) is 16.7 Å². The van der Waals surface area contributed by atoms with Crippen molar-refractivity contribution >= 4 is 0 Å². The number of ether oxygens (including phenoxy) is 2. The standard InChI is InChI=1S/C18H19FO3/c1-3-5-15-8-14(11-20)10-17(21-2)18(15)22-12-13-6-4-7-16(19)9-13/h3-4,6-10,20H,1,5,11-12H2,2H3. The van der Waals surface area contributed by atoms with Gasteiger partial charge >= 0.3 is 0 Å². The molecule has 0 atom stereocenters. The van der Waals surface area contributed by atoms with E-state index < -0.39 is 0 Å². The van der Waals surface area contributed by atoms with E-state index in [2.05, 4.69) is 6.58 Å². The first-order chi connectivity index (χ1) is 10.7. The van der Waals surface area contributed by atoms with Crippen molar-refractivity contribution in [3.05, 3.63) is 71.6 Å². The number of methoxy groups -OCH3 is 1. The fourth-order valence-corrected chi connectivity index (χ4v) is 2.22. The van der Waals surface area contributed by atoms with E-state index in [9.17, 15) is 9.50 Å². The van der Waals surface area contributed by atoms with Crippen LogP contribution in [0.5, 0.6) is 11.5 Å². The molecule has 0 spiro atoms. The van der Waals surface area contributed by atoms with Crippen molar-refractivity contribution < 1.29 is 19.0 Å². The maximum Gasteiger partial charge on any atom is 0.165 e. The third-order valence-electron chi connectivity index (χ3n) is 3.23. The highest BCUT2D eigenvalue weighted by atomic mass is 19.1. The fourth-order valence-electron chi connectivity index (χ4n) is 2.22. The Bertz CT molecular complexity index is 653. The minimum absolute atomic E-state index is 0.0787. The van der Waals surface area contributed by atoms with E-state index in [0.717, 1.165) is 16.7 Å². The van der Waals surface area contributed by atoms with Gasteiger partial charge in [-0.25, -0.2) is 4.39 Å². The Morgan fingerprint density at radius 3 is 2.68 bits per heavy atom. The number of halogens is 1. The molecule has 2 rings (SSSR count). The molecular formula is C18H19FO3. The van der Waals surface area contributed by atoms with Gasteiger partial charge in [0.05, 0.1) is 13.7 Å². The summed E-state index contributed by atoms with van der Waals surface area (Å²) in [5, 5.41) is 9.32. The largest absolute Gasteiger partial charge is 0.493 e. The first-order valence-corrected chi connectivity index (χ1v) is 6.96. The fraction of sp³-hybridized carbons (Fsp3) is 0.222. The summed E-state index contributed by atoms with van der Waals surface area (Å²) in [5.41, 5.74) is 2.35. The summed E-state index contributed by atoms with van der Waals surface area (Å²) in [6.45, 7) is 3.88. The zero-order chi connectivity index (χ0) is 15.9. The summed E-state index contributed by atoms with van der Waals surface area (Å²) in [4.78, 5) is 0. The minimum Gasteiger partial charge on any atom is -0.493 e. The third kappa shape index (κ3) is 3.86. The van der Waals surface area contributed by atoms with E-state index >= 15 is 0 Å². The molecule has 0 amide bonds. The van der Waals surface area contributed by atoms with Crippen LogP contribution < -0.4 is 9.47 Å². The van der Waals surface area contributed by atoms with Crippen LogP contribution in [0.3, 0.4) is 0 Å². The van der Waals surface area contributed by atoms with Crippen molar-refractivity contribution in [1.29, 1.82) is 0 Å². The number of benzene rings is 2. The summed E-state index contributed by atoms with van der Waals surface area (Å²) < 4.78 is 24.4. The highest BCUT2D eigenvalue weighted by Crippen LogP contribution is 2.34. The number of hydrogen-bond acceptors (Lipinski definition) is 3. The number of hydrogen-bond donors (Lipinski definition) is 1. The molecular weight excluding hydrogens is 283 g/mol. The molecule has 0 aliphatic heterocycles. The number of aliphatic hydroxyl groups is 1.